The fourth-order valence-corrected chi connectivity index (χ4v) is 3.54. The Morgan fingerprint density at radius 2 is 2.00 bits per heavy atom. The molecule has 1 amide bonds. The first-order valence-corrected chi connectivity index (χ1v) is 8.95. The van der Waals surface area contributed by atoms with Crippen LogP contribution in [0.5, 0.6) is 0 Å². The number of ether oxygens (including phenoxy) is 1. The average Bonchev–Trinajstić information content (AvgIpc) is 3.18. The number of aromatic nitrogens is 3. The van der Waals surface area contributed by atoms with E-state index >= 15 is 0 Å². The highest BCUT2D eigenvalue weighted by atomic mass is 19.4. The minimum atomic E-state index is -4.53. The lowest BCUT2D eigenvalue weighted by atomic mass is 9.95. The summed E-state index contributed by atoms with van der Waals surface area (Å²) in [5.41, 5.74) is 6.24. The fraction of sp³-hybridized carbons (Fsp3) is 0.316. The minimum absolute atomic E-state index is 0.0298. The summed E-state index contributed by atoms with van der Waals surface area (Å²) in [6, 6.07) is 3.79. The first-order chi connectivity index (χ1) is 13.8. The zero-order valence-electron chi connectivity index (χ0n) is 15.5. The number of hydrogen-bond donors (Lipinski definition) is 2. The van der Waals surface area contributed by atoms with Crippen molar-refractivity contribution in [3.8, 4) is 11.3 Å². The molecule has 29 heavy (non-hydrogen) atoms. The number of imidazole rings is 1. The summed E-state index contributed by atoms with van der Waals surface area (Å²) in [4.78, 5) is 26.3. The number of anilines is 1. The van der Waals surface area contributed by atoms with Crippen molar-refractivity contribution < 1.29 is 22.7 Å². The number of carbonyl (C=O) groups is 1. The van der Waals surface area contributed by atoms with E-state index in [-0.39, 0.29) is 39.6 Å². The molecular weight excluding hydrogens is 387 g/mol. The molecule has 0 atom stereocenters. The van der Waals surface area contributed by atoms with Crippen LogP contribution in [0.15, 0.2) is 24.5 Å². The van der Waals surface area contributed by atoms with E-state index in [2.05, 4.69) is 15.0 Å². The summed E-state index contributed by atoms with van der Waals surface area (Å²) < 4.78 is 45.6. The first kappa shape index (κ1) is 19.2. The number of aromatic amines is 1. The summed E-state index contributed by atoms with van der Waals surface area (Å²) in [5, 5.41) is 0. The molecule has 1 aromatic carbocycles. The van der Waals surface area contributed by atoms with Gasteiger partial charge in [-0.3, -0.25) is 4.79 Å². The van der Waals surface area contributed by atoms with Crippen LogP contribution in [-0.2, 0) is 10.9 Å². The van der Waals surface area contributed by atoms with E-state index in [1.54, 1.807) is 4.90 Å². The van der Waals surface area contributed by atoms with Gasteiger partial charge in [-0.1, -0.05) is 12.1 Å². The van der Waals surface area contributed by atoms with Gasteiger partial charge in [-0.2, -0.15) is 13.2 Å². The molecule has 3 aromatic rings. The summed E-state index contributed by atoms with van der Waals surface area (Å²) >= 11 is 0. The molecule has 3 heterocycles. The van der Waals surface area contributed by atoms with Gasteiger partial charge in [-0.15, -0.1) is 0 Å². The third-order valence-corrected chi connectivity index (χ3v) is 5.01. The number of hydrogen-bond acceptors (Lipinski definition) is 5. The van der Waals surface area contributed by atoms with E-state index in [0.717, 1.165) is 6.07 Å². The molecule has 3 N–H and O–H groups in total. The SMILES string of the molecule is Cc1c(-c2nc(N)c3[nH]cnc3c2C(=O)N2CCOCC2)cccc1C(F)(F)F. The van der Waals surface area contributed by atoms with Crippen LogP contribution in [0.2, 0.25) is 0 Å². The largest absolute Gasteiger partial charge is 0.416 e. The van der Waals surface area contributed by atoms with Crippen molar-refractivity contribution >= 4 is 22.8 Å². The van der Waals surface area contributed by atoms with Crippen LogP contribution in [0, 0.1) is 6.92 Å². The Labute approximate surface area is 163 Å². The number of nitrogens with two attached hydrogens (primary N) is 1. The molecule has 1 aliphatic rings. The van der Waals surface area contributed by atoms with Gasteiger partial charge in [0.05, 0.1) is 36.4 Å². The van der Waals surface area contributed by atoms with Crippen molar-refractivity contribution in [2.45, 2.75) is 13.1 Å². The van der Waals surface area contributed by atoms with Crippen molar-refractivity contribution in [1.29, 1.82) is 0 Å². The molecule has 0 saturated carbocycles. The molecule has 10 heteroatoms. The van der Waals surface area contributed by atoms with Gasteiger partial charge >= 0.3 is 6.18 Å². The van der Waals surface area contributed by atoms with Crippen LogP contribution in [0.1, 0.15) is 21.5 Å². The Balaban J connectivity index is 1.97. The lowest BCUT2D eigenvalue weighted by molar-refractivity contribution is -0.138. The number of nitrogens with one attached hydrogen (secondary N) is 1. The van der Waals surface area contributed by atoms with Crippen molar-refractivity contribution in [2.24, 2.45) is 0 Å². The summed E-state index contributed by atoms with van der Waals surface area (Å²) in [6.07, 6.45) is -3.15. The maximum atomic E-state index is 13.4. The van der Waals surface area contributed by atoms with E-state index < -0.39 is 11.7 Å². The quantitative estimate of drug-likeness (QED) is 0.683. The molecule has 0 aliphatic carbocycles. The van der Waals surface area contributed by atoms with Gasteiger partial charge in [-0.05, 0) is 18.6 Å². The third-order valence-electron chi connectivity index (χ3n) is 5.01. The Morgan fingerprint density at radius 1 is 1.28 bits per heavy atom. The molecule has 0 spiro atoms. The van der Waals surface area contributed by atoms with Gasteiger partial charge in [0.15, 0.2) is 0 Å². The number of H-pyrrole nitrogens is 1. The number of morpholine rings is 1. The number of rotatable bonds is 2. The van der Waals surface area contributed by atoms with E-state index in [0.29, 0.717) is 31.8 Å². The van der Waals surface area contributed by atoms with Crippen molar-refractivity contribution in [3.63, 3.8) is 0 Å². The van der Waals surface area contributed by atoms with Gasteiger partial charge in [0.25, 0.3) is 5.91 Å². The van der Waals surface area contributed by atoms with E-state index in [9.17, 15) is 18.0 Å². The van der Waals surface area contributed by atoms with Crippen LogP contribution in [0.3, 0.4) is 0 Å². The summed E-state index contributed by atoms with van der Waals surface area (Å²) in [7, 11) is 0. The van der Waals surface area contributed by atoms with Crippen LogP contribution in [0.25, 0.3) is 22.3 Å². The van der Waals surface area contributed by atoms with Gasteiger partial charge in [0.1, 0.15) is 16.9 Å². The lowest BCUT2D eigenvalue weighted by Crippen LogP contribution is -2.41. The molecule has 7 nitrogen and oxygen atoms in total. The number of pyridine rings is 1. The van der Waals surface area contributed by atoms with Crippen molar-refractivity contribution in [1.82, 2.24) is 19.9 Å². The number of carbonyl (C=O) groups excluding carboxylic acids is 1. The summed E-state index contributed by atoms with van der Waals surface area (Å²) in [6.45, 7) is 2.87. The van der Waals surface area contributed by atoms with Gasteiger partial charge in [0.2, 0.25) is 0 Å². The molecular formula is C19H18F3N5O2. The molecule has 4 rings (SSSR count). The number of alkyl halides is 3. The topological polar surface area (TPSA) is 97.1 Å². The van der Waals surface area contributed by atoms with Crippen LogP contribution >= 0.6 is 0 Å². The van der Waals surface area contributed by atoms with Gasteiger partial charge in [0, 0.05) is 18.7 Å². The van der Waals surface area contributed by atoms with Crippen LogP contribution in [0.4, 0.5) is 19.0 Å². The second-order valence-electron chi connectivity index (χ2n) is 6.73. The van der Waals surface area contributed by atoms with E-state index in [1.165, 1.54) is 25.4 Å². The molecule has 0 radical (unpaired) electrons. The third kappa shape index (κ3) is 3.29. The number of amides is 1. The fourth-order valence-electron chi connectivity index (χ4n) is 3.54. The highest BCUT2D eigenvalue weighted by Crippen LogP contribution is 2.38. The van der Waals surface area contributed by atoms with Crippen molar-refractivity contribution in [3.05, 3.63) is 41.2 Å². The van der Waals surface area contributed by atoms with Gasteiger partial charge < -0.3 is 20.4 Å². The van der Waals surface area contributed by atoms with Gasteiger partial charge in [-0.25, -0.2) is 9.97 Å². The minimum Gasteiger partial charge on any atom is -0.382 e. The number of halogens is 3. The zero-order valence-corrected chi connectivity index (χ0v) is 15.5. The second-order valence-corrected chi connectivity index (χ2v) is 6.73. The molecule has 0 unspecified atom stereocenters. The predicted molar refractivity (Wildman–Crippen MR) is 100 cm³/mol. The smallest absolute Gasteiger partial charge is 0.382 e. The number of fused-ring (bicyclic) bond motifs is 1. The lowest BCUT2D eigenvalue weighted by Gasteiger charge is -2.28. The molecule has 1 saturated heterocycles. The Bertz CT molecular complexity index is 1090. The standard InChI is InChI=1S/C19H18F3N5O2/c1-10-11(3-2-4-12(10)19(20,21)22)14-13(18(28)27-5-7-29-8-6-27)15-16(17(23)26-14)25-9-24-15/h2-4,9H,5-8H2,1H3,(H2,23,26)(H,24,25). The molecule has 2 aromatic heterocycles. The molecule has 152 valence electrons. The highest BCUT2D eigenvalue weighted by molar-refractivity contribution is 6.11. The van der Waals surface area contributed by atoms with E-state index in [4.69, 9.17) is 10.5 Å². The molecule has 1 aliphatic heterocycles. The first-order valence-electron chi connectivity index (χ1n) is 8.95. The number of nitrogen functional groups attached to an aromatic ring is 1. The molecule has 1 fully saturated rings. The second kappa shape index (κ2) is 7.03. The normalized spacial score (nSPS) is 15.1. The Morgan fingerprint density at radius 3 is 2.69 bits per heavy atom. The average molecular weight is 405 g/mol. The Kier molecular flexibility index (Phi) is 4.65. The van der Waals surface area contributed by atoms with Crippen LogP contribution < -0.4 is 5.73 Å². The predicted octanol–water partition coefficient (Wildman–Crippen LogP) is 3.01. The zero-order chi connectivity index (χ0) is 20.8. The molecule has 0 bridgehead atoms. The highest BCUT2D eigenvalue weighted by Gasteiger charge is 2.34. The van der Waals surface area contributed by atoms with E-state index in [1.807, 2.05) is 0 Å². The monoisotopic (exact) mass is 405 g/mol. The maximum absolute atomic E-state index is 13.4. The maximum Gasteiger partial charge on any atom is 0.416 e. The summed E-state index contributed by atoms with van der Waals surface area (Å²) in [5.74, 6) is -0.312. The Hall–Kier alpha value is -3.14. The van der Waals surface area contributed by atoms with Crippen LogP contribution in [-0.4, -0.2) is 52.1 Å². The number of nitrogens with zero attached hydrogens (tertiary/aromatic N) is 3. The number of benzene rings is 1. The van der Waals surface area contributed by atoms with Crippen molar-refractivity contribution in [2.75, 3.05) is 32.0 Å².